The van der Waals surface area contributed by atoms with Crippen LogP contribution in [-0.2, 0) is 18.3 Å². The smallest absolute Gasteiger partial charge is 0.334 e. The number of aromatic nitrogens is 2. The Morgan fingerprint density at radius 3 is 2.86 bits per heavy atom. The van der Waals surface area contributed by atoms with Crippen molar-refractivity contribution in [2.75, 3.05) is 5.32 Å². The average molecular weight is 294 g/mol. The molecule has 1 aliphatic carbocycles. The molecule has 2 N–H and O–H groups in total. The zero-order valence-electron chi connectivity index (χ0n) is 11.9. The fourth-order valence-electron chi connectivity index (χ4n) is 2.49. The maximum absolute atomic E-state index is 11.3. The number of nitrogens with one attached hydrogen (secondary N) is 1. The summed E-state index contributed by atoms with van der Waals surface area (Å²) in [6, 6.07) is -0.241. The second-order valence-corrected chi connectivity index (χ2v) is 5.09. The summed E-state index contributed by atoms with van der Waals surface area (Å²) >= 11 is 0. The highest BCUT2D eigenvalue weighted by Gasteiger charge is 2.30. The van der Waals surface area contributed by atoms with Gasteiger partial charge < -0.3 is 10.4 Å². The van der Waals surface area contributed by atoms with Crippen molar-refractivity contribution in [3.05, 3.63) is 28.0 Å². The number of rotatable bonds is 6. The number of hydrogen-bond acceptors (Lipinski definition) is 5. The lowest BCUT2D eigenvalue weighted by Gasteiger charge is -2.12. The number of nitro groups is 1. The zero-order chi connectivity index (χ0) is 15.6. The van der Waals surface area contributed by atoms with Gasteiger partial charge in [0.1, 0.15) is 5.69 Å². The first-order valence-corrected chi connectivity index (χ1v) is 6.82. The van der Waals surface area contributed by atoms with E-state index >= 15 is 0 Å². The van der Waals surface area contributed by atoms with Gasteiger partial charge in [0.15, 0.2) is 0 Å². The number of aryl methyl sites for hydroxylation is 2. The molecule has 0 aliphatic heterocycles. The number of carbonyl (C=O) groups is 1. The summed E-state index contributed by atoms with van der Waals surface area (Å²) in [6.07, 6.45) is 5.01. The molecule has 8 heteroatoms. The van der Waals surface area contributed by atoms with Gasteiger partial charge in [-0.2, -0.15) is 5.10 Å². The summed E-state index contributed by atoms with van der Waals surface area (Å²) in [5.41, 5.74) is 0.427. The molecule has 21 heavy (non-hydrogen) atoms. The van der Waals surface area contributed by atoms with Crippen LogP contribution in [0.2, 0.25) is 0 Å². The van der Waals surface area contributed by atoms with Gasteiger partial charge in [-0.1, -0.05) is 25.5 Å². The highest BCUT2D eigenvalue weighted by molar-refractivity contribution is 5.73. The molecule has 2 unspecified atom stereocenters. The first-order valence-electron chi connectivity index (χ1n) is 6.82. The Kier molecular flexibility index (Phi) is 4.25. The molecule has 0 fully saturated rings. The summed E-state index contributed by atoms with van der Waals surface area (Å²) in [7, 11) is 1.64. The Bertz CT molecular complexity index is 593. The molecule has 0 saturated carbocycles. The minimum Gasteiger partial charge on any atom is -0.481 e. The average Bonchev–Trinajstić information content (AvgIpc) is 2.96. The first kappa shape index (κ1) is 15.0. The second kappa shape index (κ2) is 5.94. The zero-order valence-corrected chi connectivity index (χ0v) is 11.9. The third kappa shape index (κ3) is 3.04. The van der Waals surface area contributed by atoms with E-state index in [1.807, 2.05) is 6.92 Å². The number of carboxylic acid groups (broad SMARTS) is 1. The molecule has 114 valence electrons. The number of carboxylic acids is 1. The van der Waals surface area contributed by atoms with E-state index in [4.69, 9.17) is 5.11 Å². The van der Waals surface area contributed by atoms with E-state index in [-0.39, 0.29) is 11.7 Å². The quantitative estimate of drug-likeness (QED) is 0.469. The Balaban J connectivity index is 2.22. The van der Waals surface area contributed by atoms with Crippen molar-refractivity contribution in [1.82, 2.24) is 9.78 Å². The van der Waals surface area contributed by atoms with Crippen LogP contribution in [0.1, 0.15) is 25.5 Å². The van der Waals surface area contributed by atoms with Crippen molar-refractivity contribution in [3.8, 4) is 0 Å². The van der Waals surface area contributed by atoms with Gasteiger partial charge >= 0.3 is 11.7 Å². The van der Waals surface area contributed by atoms with Gasteiger partial charge in [0, 0.05) is 13.1 Å². The third-order valence-corrected chi connectivity index (χ3v) is 3.48. The van der Waals surface area contributed by atoms with Gasteiger partial charge in [-0.15, -0.1) is 0 Å². The van der Waals surface area contributed by atoms with E-state index in [0.29, 0.717) is 24.4 Å². The first-order chi connectivity index (χ1) is 9.93. The van der Waals surface area contributed by atoms with Crippen LogP contribution in [0.4, 0.5) is 11.5 Å². The van der Waals surface area contributed by atoms with Crippen LogP contribution in [0, 0.1) is 16.0 Å². The van der Waals surface area contributed by atoms with Gasteiger partial charge in [0.05, 0.1) is 10.8 Å². The largest absolute Gasteiger partial charge is 0.481 e. The van der Waals surface area contributed by atoms with Crippen LogP contribution in [0.15, 0.2) is 12.2 Å². The van der Waals surface area contributed by atoms with Crippen molar-refractivity contribution in [3.63, 3.8) is 0 Å². The van der Waals surface area contributed by atoms with E-state index < -0.39 is 16.8 Å². The molecular formula is C13H18N4O4. The molecule has 1 aromatic heterocycles. The van der Waals surface area contributed by atoms with Gasteiger partial charge in [0.25, 0.3) is 0 Å². The normalized spacial score (nSPS) is 20.7. The van der Waals surface area contributed by atoms with Crippen LogP contribution < -0.4 is 5.32 Å². The molecule has 0 spiro atoms. The van der Waals surface area contributed by atoms with E-state index in [1.165, 1.54) is 4.68 Å². The predicted molar refractivity (Wildman–Crippen MR) is 76.2 cm³/mol. The van der Waals surface area contributed by atoms with Crippen LogP contribution in [0.3, 0.4) is 0 Å². The van der Waals surface area contributed by atoms with Crippen LogP contribution >= 0.6 is 0 Å². The fraction of sp³-hybridized carbons (Fsp3) is 0.538. The lowest BCUT2D eigenvalue weighted by Crippen LogP contribution is -2.20. The second-order valence-electron chi connectivity index (χ2n) is 5.09. The lowest BCUT2D eigenvalue weighted by molar-refractivity contribution is -0.384. The maximum Gasteiger partial charge on any atom is 0.334 e. The topological polar surface area (TPSA) is 110 Å². The number of hydrogen-bond donors (Lipinski definition) is 2. The minimum atomic E-state index is -0.887. The number of aliphatic carboxylic acids is 1. The van der Waals surface area contributed by atoms with Crippen molar-refractivity contribution in [1.29, 1.82) is 0 Å². The molecule has 0 bridgehead atoms. The molecule has 2 atom stereocenters. The summed E-state index contributed by atoms with van der Waals surface area (Å²) in [5, 5.41) is 27.5. The Morgan fingerprint density at radius 2 is 2.33 bits per heavy atom. The molecule has 2 rings (SSSR count). The highest BCUT2D eigenvalue weighted by atomic mass is 16.6. The standard InChI is InChI=1S/C13H18N4O4/c1-3-4-10-11(17(20)21)12(16(2)15-10)14-9-6-5-8(7-9)13(18)19/h5-6,8-9,14H,3-4,7H2,1-2H3,(H,18,19). The minimum absolute atomic E-state index is 0.0217. The van der Waals surface area contributed by atoms with Crippen molar-refractivity contribution < 1.29 is 14.8 Å². The van der Waals surface area contributed by atoms with Crippen molar-refractivity contribution in [2.45, 2.75) is 32.2 Å². The molecule has 1 aliphatic rings. The van der Waals surface area contributed by atoms with Crippen molar-refractivity contribution in [2.24, 2.45) is 13.0 Å². The summed E-state index contributed by atoms with van der Waals surface area (Å²) in [6.45, 7) is 1.93. The molecule has 0 saturated heterocycles. The monoisotopic (exact) mass is 294 g/mol. The van der Waals surface area contributed by atoms with Gasteiger partial charge in [0.2, 0.25) is 5.82 Å². The molecular weight excluding hydrogens is 276 g/mol. The predicted octanol–water partition coefficient (Wildman–Crippen LogP) is 1.72. The maximum atomic E-state index is 11.3. The SMILES string of the molecule is CCCc1nn(C)c(NC2C=CC(C(=O)O)C2)c1[N+](=O)[O-]. The van der Waals surface area contributed by atoms with E-state index in [9.17, 15) is 14.9 Å². The van der Waals surface area contributed by atoms with Gasteiger partial charge in [-0.3, -0.25) is 14.9 Å². The van der Waals surface area contributed by atoms with Crippen LogP contribution in [0.5, 0.6) is 0 Å². The van der Waals surface area contributed by atoms with Gasteiger partial charge in [-0.05, 0) is 12.8 Å². The number of anilines is 1. The van der Waals surface area contributed by atoms with Crippen molar-refractivity contribution >= 4 is 17.5 Å². The molecule has 1 heterocycles. The summed E-state index contributed by atoms with van der Waals surface area (Å²) < 4.78 is 1.45. The Labute approximate surface area is 121 Å². The van der Waals surface area contributed by atoms with Gasteiger partial charge in [-0.25, -0.2) is 4.68 Å². The number of nitrogens with zero attached hydrogens (tertiary/aromatic N) is 3. The molecule has 0 radical (unpaired) electrons. The van der Waals surface area contributed by atoms with Crippen LogP contribution in [0.25, 0.3) is 0 Å². The highest BCUT2D eigenvalue weighted by Crippen LogP contribution is 2.31. The third-order valence-electron chi connectivity index (χ3n) is 3.48. The Hall–Kier alpha value is -2.38. The molecule has 1 aromatic rings. The van der Waals surface area contributed by atoms with E-state index in [1.54, 1.807) is 19.2 Å². The Morgan fingerprint density at radius 1 is 1.62 bits per heavy atom. The molecule has 8 nitrogen and oxygen atoms in total. The summed E-state index contributed by atoms with van der Waals surface area (Å²) in [5.74, 6) is -1.12. The molecule has 0 amide bonds. The summed E-state index contributed by atoms with van der Waals surface area (Å²) in [4.78, 5) is 21.8. The fourth-order valence-corrected chi connectivity index (χ4v) is 2.49. The van der Waals surface area contributed by atoms with Crippen LogP contribution in [-0.4, -0.2) is 31.8 Å². The van der Waals surface area contributed by atoms with E-state index in [0.717, 1.165) is 6.42 Å². The van der Waals surface area contributed by atoms with E-state index in [2.05, 4.69) is 10.4 Å². The lowest BCUT2D eigenvalue weighted by atomic mass is 10.1. The molecule has 0 aromatic carbocycles.